The number of hydrazine groups is 1. The molecule has 1 aliphatic rings. The highest BCUT2D eigenvalue weighted by molar-refractivity contribution is 7.80. The number of rotatable bonds is 5. The minimum absolute atomic E-state index is 0.228. The SMILES string of the molecule is O=C1C(=CN(c2ccccc2)S(=O)O)C(=O)N(c2ccccc2)N1c1ccccc1. The van der Waals surface area contributed by atoms with E-state index in [1.807, 2.05) is 12.1 Å². The lowest BCUT2D eigenvalue weighted by Crippen LogP contribution is -2.41. The number of amides is 2. The lowest BCUT2D eigenvalue weighted by Gasteiger charge is -2.27. The molecular formula is C22H17N3O4S. The van der Waals surface area contributed by atoms with E-state index >= 15 is 0 Å². The number of carbonyl (C=O) groups excluding carboxylic acids is 2. The maximum Gasteiger partial charge on any atom is 0.284 e. The summed E-state index contributed by atoms with van der Waals surface area (Å²) in [6, 6.07) is 25.9. The summed E-state index contributed by atoms with van der Waals surface area (Å²) in [4.78, 5) is 26.6. The zero-order valence-corrected chi connectivity index (χ0v) is 16.5. The second-order valence-electron chi connectivity index (χ2n) is 6.34. The molecule has 1 fully saturated rings. The minimum Gasteiger partial charge on any atom is -0.289 e. The Morgan fingerprint density at radius 1 is 0.700 bits per heavy atom. The van der Waals surface area contributed by atoms with Crippen LogP contribution in [0.4, 0.5) is 17.1 Å². The molecule has 1 unspecified atom stereocenters. The lowest BCUT2D eigenvalue weighted by atomic mass is 10.2. The van der Waals surface area contributed by atoms with Gasteiger partial charge in [-0.05, 0) is 36.4 Å². The standard InChI is InChI=1S/C22H17N3O4S/c26-21-20(16-23(30(28)29)17-10-4-1-5-11-17)22(27)25(19-14-8-3-9-15-19)24(21)18-12-6-2-7-13-18/h1-16H,(H,28,29). The van der Waals surface area contributed by atoms with E-state index in [-0.39, 0.29) is 5.57 Å². The molecule has 0 aromatic heterocycles. The van der Waals surface area contributed by atoms with Crippen molar-refractivity contribution in [1.82, 2.24) is 0 Å². The zero-order valence-electron chi connectivity index (χ0n) is 15.7. The topological polar surface area (TPSA) is 81.2 Å². The average Bonchev–Trinajstić information content (AvgIpc) is 3.03. The van der Waals surface area contributed by atoms with E-state index in [0.717, 1.165) is 10.5 Å². The number of nitrogens with zero attached hydrogens (tertiary/aromatic N) is 3. The maximum absolute atomic E-state index is 13.3. The minimum atomic E-state index is -2.48. The normalized spacial score (nSPS) is 14.8. The van der Waals surface area contributed by atoms with Crippen LogP contribution in [-0.4, -0.2) is 20.6 Å². The Bertz CT molecular complexity index is 1060. The molecule has 1 atom stereocenters. The molecule has 0 aliphatic carbocycles. The van der Waals surface area contributed by atoms with Crippen LogP contribution in [0.5, 0.6) is 0 Å². The molecule has 0 saturated carbocycles. The molecule has 4 rings (SSSR count). The summed E-state index contributed by atoms with van der Waals surface area (Å²) in [6.07, 6.45) is 1.12. The summed E-state index contributed by atoms with van der Waals surface area (Å²) in [6.45, 7) is 0. The predicted octanol–water partition coefficient (Wildman–Crippen LogP) is 3.51. The predicted molar refractivity (Wildman–Crippen MR) is 116 cm³/mol. The van der Waals surface area contributed by atoms with Gasteiger partial charge in [0.2, 0.25) is 0 Å². The Kier molecular flexibility index (Phi) is 5.42. The third-order valence-electron chi connectivity index (χ3n) is 4.47. The number of hydrogen-bond acceptors (Lipinski definition) is 3. The number of carbonyl (C=O) groups is 2. The van der Waals surface area contributed by atoms with Crippen molar-refractivity contribution in [3.8, 4) is 0 Å². The molecule has 1 heterocycles. The van der Waals surface area contributed by atoms with E-state index in [0.29, 0.717) is 17.1 Å². The number of benzene rings is 3. The van der Waals surface area contributed by atoms with Gasteiger partial charge in [-0.2, -0.15) is 0 Å². The largest absolute Gasteiger partial charge is 0.289 e. The average molecular weight is 419 g/mol. The van der Waals surface area contributed by atoms with Crippen LogP contribution in [0.15, 0.2) is 103 Å². The van der Waals surface area contributed by atoms with Gasteiger partial charge in [-0.15, -0.1) is 0 Å². The fourth-order valence-corrected chi connectivity index (χ4v) is 3.62. The Morgan fingerprint density at radius 3 is 1.50 bits per heavy atom. The quantitative estimate of drug-likeness (QED) is 0.390. The maximum atomic E-state index is 13.3. The fourth-order valence-electron chi connectivity index (χ4n) is 3.12. The van der Waals surface area contributed by atoms with Crippen LogP contribution in [0.2, 0.25) is 0 Å². The van der Waals surface area contributed by atoms with Crippen LogP contribution in [0.3, 0.4) is 0 Å². The zero-order chi connectivity index (χ0) is 21.1. The van der Waals surface area contributed by atoms with Crippen LogP contribution in [0.25, 0.3) is 0 Å². The van der Waals surface area contributed by atoms with Gasteiger partial charge in [0.15, 0.2) is 0 Å². The summed E-state index contributed by atoms with van der Waals surface area (Å²) < 4.78 is 22.7. The Hall–Kier alpha value is -3.75. The molecular weight excluding hydrogens is 402 g/mol. The van der Waals surface area contributed by atoms with Gasteiger partial charge in [0, 0.05) is 6.20 Å². The summed E-state index contributed by atoms with van der Waals surface area (Å²) in [5.74, 6) is -1.19. The van der Waals surface area contributed by atoms with E-state index in [4.69, 9.17) is 0 Å². The molecule has 8 heteroatoms. The first-order chi connectivity index (χ1) is 14.6. The third-order valence-corrected chi connectivity index (χ3v) is 5.13. The van der Waals surface area contributed by atoms with Crippen LogP contribution in [0.1, 0.15) is 0 Å². The van der Waals surface area contributed by atoms with Crippen molar-refractivity contribution in [2.45, 2.75) is 0 Å². The molecule has 30 heavy (non-hydrogen) atoms. The van der Waals surface area contributed by atoms with Gasteiger partial charge < -0.3 is 0 Å². The van der Waals surface area contributed by atoms with Gasteiger partial charge >= 0.3 is 0 Å². The van der Waals surface area contributed by atoms with E-state index in [9.17, 15) is 18.4 Å². The van der Waals surface area contributed by atoms with Crippen LogP contribution in [0, 0.1) is 0 Å². The second kappa shape index (κ2) is 8.32. The molecule has 1 saturated heterocycles. The monoisotopic (exact) mass is 419 g/mol. The van der Waals surface area contributed by atoms with E-state index in [2.05, 4.69) is 0 Å². The molecule has 7 nitrogen and oxygen atoms in total. The molecule has 0 bridgehead atoms. The Balaban J connectivity index is 1.83. The summed E-state index contributed by atoms with van der Waals surface area (Å²) >= 11 is -2.48. The highest BCUT2D eigenvalue weighted by atomic mass is 32.2. The summed E-state index contributed by atoms with van der Waals surface area (Å²) in [5, 5.41) is 2.51. The van der Waals surface area contributed by atoms with Crippen LogP contribution < -0.4 is 14.3 Å². The Labute approximate surface area is 175 Å². The highest BCUT2D eigenvalue weighted by Crippen LogP contribution is 2.32. The molecule has 3 aromatic carbocycles. The van der Waals surface area contributed by atoms with Crippen molar-refractivity contribution in [2.75, 3.05) is 14.3 Å². The van der Waals surface area contributed by atoms with Crippen molar-refractivity contribution < 1.29 is 18.4 Å². The third kappa shape index (κ3) is 3.61. The van der Waals surface area contributed by atoms with Crippen molar-refractivity contribution in [3.63, 3.8) is 0 Å². The van der Waals surface area contributed by atoms with Crippen molar-refractivity contribution in [1.29, 1.82) is 0 Å². The highest BCUT2D eigenvalue weighted by Gasteiger charge is 2.43. The molecule has 2 amide bonds. The van der Waals surface area contributed by atoms with Gasteiger partial charge in [0.25, 0.3) is 23.1 Å². The van der Waals surface area contributed by atoms with E-state index in [1.54, 1.807) is 78.9 Å². The van der Waals surface area contributed by atoms with Crippen molar-refractivity contribution in [2.24, 2.45) is 0 Å². The molecule has 1 N–H and O–H groups in total. The summed E-state index contributed by atoms with van der Waals surface area (Å²) in [7, 11) is 0. The Morgan fingerprint density at radius 2 is 1.10 bits per heavy atom. The van der Waals surface area contributed by atoms with Gasteiger partial charge in [0.05, 0.1) is 17.1 Å². The van der Waals surface area contributed by atoms with Gasteiger partial charge in [-0.25, -0.2) is 18.5 Å². The summed E-state index contributed by atoms with van der Waals surface area (Å²) in [5.41, 5.74) is 1.14. The van der Waals surface area contributed by atoms with Crippen molar-refractivity contribution in [3.05, 3.63) is 103 Å². The first-order valence-corrected chi connectivity index (χ1v) is 10.1. The first-order valence-electron chi connectivity index (χ1n) is 9.04. The first kappa shape index (κ1) is 19.6. The lowest BCUT2D eigenvalue weighted by molar-refractivity contribution is -0.116. The van der Waals surface area contributed by atoms with Gasteiger partial charge in [0.1, 0.15) is 5.57 Å². The van der Waals surface area contributed by atoms with E-state index < -0.39 is 23.1 Å². The molecule has 0 spiro atoms. The van der Waals surface area contributed by atoms with Gasteiger partial charge in [-0.1, -0.05) is 54.6 Å². The molecule has 0 radical (unpaired) electrons. The fraction of sp³-hybridized carbons (Fsp3) is 0. The number of para-hydroxylation sites is 3. The number of anilines is 3. The number of hydrogen-bond donors (Lipinski definition) is 1. The molecule has 3 aromatic rings. The second-order valence-corrected chi connectivity index (χ2v) is 7.19. The van der Waals surface area contributed by atoms with Crippen molar-refractivity contribution >= 4 is 40.1 Å². The van der Waals surface area contributed by atoms with Crippen LogP contribution in [-0.2, 0) is 20.9 Å². The van der Waals surface area contributed by atoms with Crippen LogP contribution >= 0.6 is 0 Å². The smallest absolute Gasteiger partial charge is 0.284 e. The van der Waals surface area contributed by atoms with E-state index in [1.165, 1.54) is 10.0 Å². The molecule has 150 valence electrons. The van der Waals surface area contributed by atoms with Gasteiger partial charge in [-0.3, -0.25) is 14.1 Å². The molecule has 1 aliphatic heterocycles.